The number of sulfonamides is 1. The van der Waals surface area contributed by atoms with Crippen molar-refractivity contribution in [1.82, 2.24) is 4.83 Å². The number of nitrogens with zero attached hydrogens (tertiary/aromatic N) is 1. The maximum atomic E-state index is 12.0. The lowest BCUT2D eigenvalue weighted by molar-refractivity contribution is 0.584. The van der Waals surface area contributed by atoms with Crippen LogP contribution in [0.4, 0.5) is 0 Å². The smallest absolute Gasteiger partial charge is 0.200 e. The molecule has 0 unspecified atom stereocenters. The first-order valence-electron chi connectivity index (χ1n) is 6.51. The lowest BCUT2D eigenvalue weighted by atomic mass is 10.1. The second kappa shape index (κ2) is 7.24. The summed E-state index contributed by atoms with van der Waals surface area (Å²) in [5.74, 6) is 0. The van der Waals surface area contributed by atoms with Crippen molar-refractivity contribution in [2.75, 3.05) is 0 Å². The first-order valence-corrected chi connectivity index (χ1v) is 8.37. The average molecular weight is 335 g/mol. The van der Waals surface area contributed by atoms with Crippen LogP contribution in [0.3, 0.4) is 0 Å². The Balaban J connectivity index is 2.05. The minimum absolute atomic E-state index is 0.110. The van der Waals surface area contributed by atoms with E-state index >= 15 is 0 Å². The maximum absolute atomic E-state index is 12.0. The molecule has 0 saturated carbocycles. The number of allylic oxidation sites excluding steroid dienone is 1. The molecule has 0 radical (unpaired) electrons. The Bertz CT molecular complexity index is 783. The SMILES string of the molecule is CC(=C/c1ccccc1)/C=N/NS(=O)(=O)c1ccc(Cl)cc1. The van der Waals surface area contributed by atoms with Crippen molar-refractivity contribution in [3.05, 3.63) is 70.8 Å². The lowest BCUT2D eigenvalue weighted by Gasteiger charge is -2.03. The van der Waals surface area contributed by atoms with Crippen LogP contribution >= 0.6 is 11.6 Å². The van der Waals surface area contributed by atoms with Crippen molar-refractivity contribution in [3.8, 4) is 0 Å². The molecule has 114 valence electrons. The topological polar surface area (TPSA) is 58.5 Å². The Morgan fingerprint density at radius 3 is 2.36 bits per heavy atom. The minimum atomic E-state index is -3.68. The van der Waals surface area contributed by atoms with Gasteiger partial charge in [0.25, 0.3) is 10.0 Å². The molecule has 0 amide bonds. The zero-order chi connectivity index (χ0) is 16.0. The van der Waals surface area contributed by atoms with Crippen molar-refractivity contribution in [1.29, 1.82) is 0 Å². The lowest BCUT2D eigenvalue weighted by Crippen LogP contribution is -2.18. The van der Waals surface area contributed by atoms with Crippen LogP contribution < -0.4 is 4.83 Å². The summed E-state index contributed by atoms with van der Waals surface area (Å²) < 4.78 is 24.0. The second-order valence-corrected chi connectivity index (χ2v) is 6.70. The van der Waals surface area contributed by atoms with Crippen molar-refractivity contribution in [2.45, 2.75) is 11.8 Å². The van der Waals surface area contributed by atoms with Gasteiger partial charge in [0.2, 0.25) is 0 Å². The van der Waals surface area contributed by atoms with Crippen molar-refractivity contribution in [3.63, 3.8) is 0 Å². The molecule has 2 aromatic rings. The number of rotatable bonds is 5. The van der Waals surface area contributed by atoms with Gasteiger partial charge in [0.1, 0.15) is 0 Å². The molecule has 2 rings (SSSR count). The van der Waals surface area contributed by atoms with Crippen molar-refractivity contribution >= 4 is 33.9 Å². The minimum Gasteiger partial charge on any atom is -0.200 e. The van der Waals surface area contributed by atoms with Crippen LogP contribution in [0.25, 0.3) is 6.08 Å². The van der Waals surface area contributed by atoms with E-state index in [0.29, 0.717) is 5.02 Å². The van der Waals surface area contributed by atoms with Gasteiger partial charge in [-0.1, -0.05) is 48.0 Å². The number of hydrogen-bond acceptors (Lipinski definition) is 3. The van der Waals surface area contributed by atoms with Gasteiger partial charge in [0.15, 0.2) is 0 Å². The molecule has 0 aliphatic heterocycles. The van der Waals surface area contributed by atoms with Crippen molar-refractivity contribution < 1.29 is 8.42 Å². The largest absolute Gasteiger partial charge is 0.276 e. The number of hydrogen-bond donors (Lipinski definition) is 1. The molecule has 1 N–H and O–H groups in total. The summed E-state index contributed by atoms with van der Waals surface area (Å²) in [7, 11) is -3.68. The van der Waals surface area contributed by atoms with Gasteiger partial charge in [-0.25, -0.2) is 4.83 Å². The Morgan fingerprint density at radius 1 is 1.09 bits per heavy atom. The van der Waals surface area contributed by atoms with Crippen LogP contribution in [0.5, 0.6) is 0 Å². The molecule has 2 aromatic carbocycles. The van der Waals surface area contributed by atoms with E-state index in [9.17, 15) is 8.42 Å². The highest BCUT2D eigenvalue weighted by Crippen LogP contribution is 2.13. The fourth-order valence-corrected chi connectivity index (χ4v) is 2.63. The first-order chi connectivity index (χ1) is 10.5. The fourth-order valence-electron chi connectivity index (χ4n) is 1.71. The van der Waals surface area contributed by atoms with E-state index in [-0.39, 0.29) is 4.90 Å². The highest BCUT2D eigenvalue weighted by atomic mass is 35.5. The Morgan fingerprint density at radius 2 is 1.73 bits per heavy atom. The maximum Gasteiger partial charge on any atom is 0.276 e. The van der Waals surface area contributed by atoms with Gasteiger partial charge in [0.05, 0.1) is 11.1 Å². The Labute approximate surface area is 135 Å². The highest BCUT2D eigenvalue weighted by molar-refractivity contribution is 7.89. The molecule has 0 fully saturated rings. The highest BCUT2D eigenvalue weighted by Gasteiger charge is 2.11. The Kier molecular flexibility index (Phi) is 5.35. The van der Waals surface area contributed by atoms with Gasteiger partial charge in [-0.05, 0) is 42.3 Å². The molecule has 0 heterocycles. The number of nitrogens with one attached hydrogen (secondary N) is 1. The van der Waals surface area contributed by atoms with Crippen molar-refractivity contribution in [2.24, 2.45) is 5.10 Å². The normalized spacial score (nSPS) is 12.5. The molecule has 6 heteroatoms. The van der Waals surface area contributed by atoms with Crippen LogP contribution in [0.2, 0.25) is 5.02 Å². The number of halogens is 1. The number of benzene rings is 2. The third kappa shape index (κ3) is 4.72. The van der Waals surface area contributed by atoms with Gasteiger partial charge < -0.3 is 0 Å². The molecule has 0 aliphatic rings. The van der Waals surface area contributed by atoms with Crippen LogP contribution in [-0.2, 0) is 10.0 Å². The second-order valence-electron chi connectivity index (χ2n) is 4.61. The third-order valence-electron chi connectivity index (χ3n) is 2.76. The standard InChI is InChI=1S/C16H15ClN2O2S/c1-13(11-14-5-3-2-4-6-14)12-18-19-22(20,21)16-9-7-15(17)8-10-16/h2-12,19H,1H3/b13-11-,18-12+. The molecule has 0 atom stereocenters. The van der Waals surface area contributed by atoms with E-state index in [1.54, 1.807) is 0 Å². The van der Waals surface area contributed by atoms with Gasteiger partial charge >= 0.3 is 0 Å². The summed E-state index contributed by atoms with van der Waals surface area (Å²) in [6.45, 7) is 1.84. The molecule has 4 nitrogen and oxygen atoms in total. The van der Waals surface area contributed by atoms with Crippen LogP contribution in [0.1, 0.15) is 12.5 Å². The van der Waals surface area contributed by atoms with Crippen LogP contribution in [0, 0.1) is 0 Å². The molecule has 0 spiro atoms. The molecule has 0 saturated heterocycles. The molecular formula is C16H15ClN2O2S. The molecule has 0 bridgehead atoms. The zero-order valence-corrected chi connectivity index (χ0v) is 13.5. The van der Waals surface area contributed by atoms with Crippen LogP contribution in [0.15, 0.2) is 70.2 Å². The van der Waals surface area contributed by atoms with E-state index < -0.39 is 10.0 Å². The summed E-state index contributed by atoms with van der Waals surface area (Å²) in [5, 5.41) is 4.25. The summed E-state index contributed by atoms with van der Waals surface area (Å²) in [6.07, 6.45) is 3.36. The average Bonchev–Trinajstić information content (AvgIpc) is 2.48. The van der Waals surface area contributed by atoms with Gasteiger partial charge in [0, 0.05) is 5.02 Å². The predicted octanol–water partition coefficient (Wildman–Crippen LogP) is 3.71. The van der Waals surface area contributed by atoms with E-state index in [4.69, 9.17) is 11.6 Å². The Hall–Kier alpha value is -2.11. The number of hydrazone groups is 1. The van der Waals surface area contributed by atoms with Gasteiger partial charge in [-0.15, -0.1) is 0 Å². The first kappa shape index (κ1) is 16.3. The summed E-state index contributed by atoms with van der Waals surface area (Å²) in [5.41, 5.74) is 1.84. The molecular weight excluding hydrogens is 320 g/mol. The monoisotopic (exact) mass is 334 g/mol. The van der Waals surface area contributed by atoms with E-state index in [0.717, 1.165) is 11.1 Å². The third-order valence-corrected chi connectivity index (χ3v) is 4.25. The van der Waals surface area contributed by atoms with E-state index in [1.807, 2.05) is 43.3 Å². The van der Waals surface area contributed by atoms with Crippen LogP contribution in [-0.4, -0.2) is 14.6 Å². The van der Waals surface area contributed by atoms with Gasteiger partial charge in [-0.3, -0.25) is 0 Å². The summed E-state index contributed by atoms with van der Waals surface area (Å²) in [6, 6.07) is 15.6. The summed E-state index contributed by atoms with van der Waals surface area (Å²) in [4.78, 5) is 2.28. The molecule has 0 aliphatic carbocycles. The zero-order valence-electron chi connectivity index (χ0n) is 11.9. The van der Waals surface area contributed by atoms with E-state index in [2.05, 4.69) is 9.93 Å². The predicted molar refractivity (Wildman–Crippen MR) is 90.4 cm³/mol. The fraction of sp³-hybridized carbons (Fsp3) is 0.0625. The van der Waals surface area contributed by atoms with E-state index in [1.165, 1.54) is 30.5 Å². The quantitative estimate of drug-likeness (QED) is 0.669. The summed E-state index contributed by atoms with van der Waals surface area (Å²) >= 11 is 5.73. The molecule has 0 aromatic heterocycles. The molecule has 22 heavy (non-hydrogen) atoms. The van der Waals surface area contributed by atoms with Gasteiger partial charge in [-0.2, -0.15) is 13.5 Å².